The van der Waals surface area contributed by atoms with Gasteiger partial charge in [-0.05, 0) is 42.0 Å². The minimum absolute atomic E-state index is 0.0201. The molecule has 0 radical (unpaired) electrons. The minimum Gasteiger partial charge on any atom is -0.385 e. The molecular formula is C16H24N2O. The van der Waals surface area contributed by atoms with Crippen LogP contribution in [0.15, 0.2) is 24.3 Å². The molecule has 0 unspecified atom stereocenters. The van der Waals surface area contributed by atoms with Gasteiger partial charge in [0.15, 0.2) is 0 Å². The van der Waals surface area contributed by atoms with E-state index >= 15 is 0 Å². The lowest BCUT2D eigenvalue weighted by atomic mass is 10.0. The van der Waals surface area contributed by atoms with Crippen molar-refractivity contribution < 1.29 is 4.79 Å². The Morgan fingerprint density at radius 2 is 1.63 bits per heavy atom. The van der Waals surface area contributed by atoms with Gasteiger partial charge in [-0.3, -0.25) is 4.79 Å². The summed E-state index contributed by atoms with van der Waals surface area (Å²) >= 11 is 0. The first-order valence-corrected chi connectivity index (χ1v) is 6.95. The average molecular weight is 260 g/mol. The normalized spacial score (nSPS) is 19.8. The van der Waals surface area contributed by atoms with Crippen molar-refractivity contribution in [1.82, 2.24) is 5.32 Å². The van der Waals surface area contributed by atoms with Crippen molar-refractivity contribution in [3.63, 3.8) is 0 Å². The van der Waals surface area contributed by atoms with Crippen molar-refractivity contribution in [2.24, 2.45) is 10.8 Å². The van der Waals surface area contributed by atoms with Crippen LogP contribution < -0.4 is 10.6 Å². The zero-order chi connectivity index (χ0) is 14.3. The van der Waals surface area contributed by atoms with Gasteiger partial charge in [-0.25, -0.2) is 0 Å². The summed E-state index contributed by atoms with van der Waals surface area (Å²) in [7, 11) is 0. The van der Waals surface area contributed by atoms with Crippen molar-refractivity contribution >= 4 is 11.6 Å². The summed E-state index contributed by atoms with van der Waals surface area (Å²) in [5.41, 5.74) is 2.12. The first-order valence-electron chi connectivity index (χ1n) is 6.95. The Bertz CT molecular complexity index is 460. The number of rotatable bonds is 4. The molecule has 104 valence electrons. The lowest BCUT2D eigenvalue weighted by molar-refractivity contribution is 0.0943. The van der Waals surface area contributed by atoms with Crippen LogP contribution in [0.5, 0.6) is 0 Å². The molecule has 1 aromatic carbocycles. The molecule has 3 nitrogen and oxygen atoms in total. The highest BCUT2D eigenvalue weighted by Crippen LogP contribution is 2.62. The monoisotopic (exact) mass is 260 g/mol. The van der Waals surface area contributed by atoms with Gasteiger partial charge >= 0.3 is 0 Å². The van der Waals surface area contributed by atoms with Gasteiger partial charge in [0.05, 0.1) is 0 Å². The zero-order valence-electron chi connectivity index (χ0n) is 12.5. The van der Waals surface area contributed by atoms with Crippen molar-refractivity contribution in [1.29, 1.82) is 0 Å². The van der Waals surface area contributed by atoms with Gasteiger partial charge in [0.2, 0.25) is 0 Å². The fourth-order valence-electron chi connectivity index (χ4n) is 2.72. The summed E-state index contributed by atoms with van der Waals surface area (Å²) in [5.74, 6) is 0.0201. The van der Waals surface area contributed by atoms with E-state index in [0.29, 0.717) is 0 Å². The maximum absolute atomic E-state index is 12.2. The molecule has 3 heteroatoms. The van der Waals surface area contributed by atoms with E-state index < -0.39 is 0 Å². The Labute approximate surface area is 115 Å². The van der Waals surface area contributed by atoms with E-state index in [-0.39, 0.29) is 22.8 Å². The molecule has 1 aliphatic rings. The standard InChI is InChI=1S/C16H24N2O/c1-6-17-12-9-7-11(8-10-12)13(19)18-14-15(2,3)16(14,4)5/h7-10,14,17H,6H2,1-5H3,(H,18,19). The highest BCUT2D eigenvalue weighted by molar-refractivity contribution is 5.95. The lowest BCUT2D eigenvalue weighted by Crippen LogP contribution is -2.29. The van der Waals surface area contributed by atoms with Crippen LogP contribution in [0.2, 0.25) is 0 Å². The molecule has 1 amide bonds. The molecule has 0 spiro atoms. The van der Waals surface area contributed by atoms with Crippen LogP contribution in [-0.2, 0) is 0 Å². The van der Waals surface area contributed by atoms with Crippen molar-refractivity contribution in [3.8, 4) is 0 Å². The molecule has 2 rings (SSSR count). The summed E-state index contributed by atoms with van der Waals surface area (Å²) in [6.07, 6.45) is 0. The number of anilines is 1. The van der Waals surface area contributed by atoms with E-state index in [9.17, 15) is 4.79 Å². The van der Waals surface area contributed by atoms with Crippen LogP contribution in [0.25, 0.3) is 0 Å². The second-order valence-electron chi connectivity index (χ2n) is 6.46. The molecule has 1 fully saturated rings. The van der Waals surface area contributed by atoms with Gasteiger partial charge in [-0.1, -0.05) is 27.7 Å². The van der Waals surface area contributed by atoms with Crippen LogP contribution in [0, 0.1) is 10.8 Å². The number of hydrogen-bond acceptors (Lipinski definition) is 2. The maximum atomic E-state index is 12.2. The van der Waals surface area contributed by atoms with Crippen LogP contribution in [0.1, 0.15) is 45.0 Å². The third kappa shape index (κ3) is 2.34. The predicted octanol–water partition coefficient (Wildman–Crippen LogP) is 3.28. The van der Waals surface area contributed by atoms with Gasteiger partial charge < -0.3 is 10.6 Å². The molecule has 1 aromatic rings. The fourth-order valence-corrected chi connectivity index (χ4v) is 2.72. The Kier molecular flexibility index (Phi) is 3.33. The smallest absolute Gasteiger partial charge is 0.251 e. The highest BCUT2D eigenvalue weighted by Gasteiger charge is 2.65. The average Bonchev–Trinajstić information content (AvgIpc) is 2.73. The molecule has 0 bridgehead atoms. The lowest BCUT2D eigenvalue weighted by Gasteiger charge is -2.08. The van der Waals surface area contributed by atoms with Gasteiger partial charge in [0.25, 0.3) is 5.91 Å². The third-order valence-electron chi connectivity index (χ3n) is 4.82. The van der Waals surface area contributed by atoms with E-state index in [1.807, 2.05) is 24.3 Å². The van der Waals surface area contributed by atoms with Gasteiger partial charge in [0, 0.05) is 23.8 Å². The molecule has 1 saturated carbocycles. The van der Waals surface area contributed by atoms with Crippen LogP contribution in [-0.4, -0.2) is 18.5 Å². The zero-order valence-corrected chi connectivity index (χ0v) is 12.5. The first kappa shape index (κ1) is 13.9. The Morgan fingerprint density at radius 3 is 2.05 bits per heavy atom. The van der Waals surface area contributed by atoms with E-state index in [1.54, 1.807) is 0 Å². The number of carbonyl (C=O) groups is 1. The van der Waals surface area contributed by atoms with Gasteiger partial charge in [-0.2, -0.15) is 0 Å². The van der Waals surface area contributed by atoms with Gasteiger partial charge in [0.1, 0.15) is 0 Å². The second kappa shape index (κ2) is 4.55. The quantitative estimate of drug-likeness (QED) is 0.872. The van der Waals surface area contributed by atoms with Gasteiger partial charge in [-0.15, -0.1) is 0 Å². The summed E-state index contributed by atoms with van der Waals surface area (Å²) in [4.78, 5) is 12.2. The summed E-state index contributed by atoms with van der Waals surface area (Å²) in [6.45, 7) is 11.7. The predicted molar refractivity (Wildman–Crippen MR) is 79.4 cm³/mol. The Morgan fingerprint density at radius 1 is 1.11 bits per heavy atom. The molecule has 1 aliphatic carbocycles. The van der Waals surface area contributed by atoms with E-state index in [1.165, 1.54) is 0 Å². The topological polar surface area (TPSA) is 41.1 Å². The minimum atomic E-state index is 0.0201. The number of benzene rings is 1. The largest absolute Gasteiger partial charge is 0.385 e. The summed E-state index contributed by atoms with van der Waals surface area (Å²) < 4.78 is 0. The number of amides is 1. The molecule has 2 N–H and O–H groups in total. The number of hydrogen-bond donors (Lipinski definition) is 2. The molecule has 19 heavy (non-hydrogen) atoms. The van der Waals surface area contributed by atoms with E-state index in [0.717, 1.165) is 17.8 Å². The van der Waals surface area contributed by atoms with Crippen molar-refractivity contribution in [3.05, 3.63) is 29.8 Å². The first-order chi connectivity index (χ1) is 8.80. The molecule has 0 saturated heterocycles. The van der Waals surface area contributed by atoms with Crippen molar-refractivity contribution in [2.45, 2.75) is 40.7 Å². The Balaban J connectivity index is 2.02. The molecule has 0 atom stereocenters. The molecule has 0 heterocycles. The SMILES string of the molecule is CCNc1ccc(C(=O)NC2C(C)(C)C2(C)C)cc1. The Hall–Kier alpha value is -1.51. The number of carbonyl (C=O) groups excluding carboxylic acids is 1. The second-order valence-corrected chi connectivity index (χ2v) is 6.46. The summed E-state index contributed by atoms with van der Waals surface area (Å²) in [6, 6.07) is 7.88. The van der Waals surface area contributed by atoms with Crippen LogP contribution in [0.3, 0.4) is 0 Å². The third-order valence-corrected chi connectivity index (χ3v) is 4.82. The molecular weight excluding hydrogens is 236 g/mol. The maximum Gasteiger partial charge on any atom is 0.251 e. The highest BCUT2D eigenvalue weighted by atomic mass is 16.1. The van der Waals surface area contributed by atoms with E-state index in [4.69, 9.17) is 0 Å². The fraction of sp³-hybridized carbons (Fsp3) is 0.562. The number of nitrogens with one attached hydrogen (secondary N) is 2. The summed E-state index contributed by atoms with van der Waals surface area (Å²) in [5, 5.41) is 6.36. The van der Waals surface area contributed by atoms with Crippen molar-refractivity contribution in [2.75, 3.05) is 11.9 Å². The van der Waals surface area contributed by atoms with E-state index in [2.05, 4.69) is 45.3 Å². The molecule has 0 aliphatic heterocycles. The molecule has 0 aromatic heterocycles. The van der Waals surface area contributed by atoms with Crippen LogP contribution in [0.4, 0.5) is 5.69 Å². The van der Waals surface area contributed by atoms with Crippen LogP contribution >= 0.6 is 0 Å².